The van der Waals surface area contributed by atoms with E-state index in [1.54, 1.807) is 44.4 Å². The second-order valence-corrected chi connectivity index (χ2v) is 5.70. The fraction of sp³-hybridized carbons (Fsp3) is 0.200. The van der Waals surface area contributed by atoms with Crippen molar-refractivity contribution >= 4 is 18.0 Å². The van der Waals surface area contributed by atoms with Crippen molar-refractivity contribution in [2.75, 3.05) is 14.1 Å². The summed E-state index contributed by atoms with van der Waals surface area (Å²) in [4.78, 5) is 25.8. The summed E-state index contributed by atoms with van der Waals surface area (Å²) >= 11 is 0. The lowest BCUT2D eigenvalue weighted by Gasteiger charge is -2.20. The molecule has 1 unspecified atom stereocenters. The Morgan fingerprint density at radius 2 is 1.62 bits per heavy atom. The van der Waals surface area contributed by atoms with Gasteiger partial charge >= 0.3 is 5.97 Å². The zero-order valence-corrected chi connectivity index (χ0v) is 14.1. The van der Waals surface area contributed by atoms with Crippen molar-refractivity contribution in [1.82, 2.24) is 4.90 Å². The normalized spacial score (nSPS) is 12.0. The molecule has 0 saturated heterocycles. The van der Waals surface area contributed by atoms with Gasteiger partial charge in [0.25, 0.3) is 5.91 Å². The molecule has 0 saturated carbocycles. The van der Waals surface area contributed by atoms with Crippen LogP contribution in [0.1, 0.15) is 22.8 Å². The maximum atomic E-state index is 12.3. The molecule has 2 aromatic rings. The lowest BCUT2D eigenvalue weighted by molar-refractivity contribution is -0.155. The number of esters is 1. The summed E-state index contributed by atoms with van der Waals surface area (Å²) in [6.07, 6.45) is 2.06. The van der Waals surface area contributed by atoms with Gasteiger partial charge in [-0.2, -0.15) is 0 Å². The van der Waals surface area contributed by atoms with Gasteiger partial charge in [-0.1, -0.05) is 60.2 Å². The van der Waals surface area contributed by atoms with Crippen LogP contribution in [-0.2, 0) is 14.3 Å². The van der Waals surface area contributed by atoms with E-state index in [-0.39, 0.29) is 5.91 Å². The molecule has 0 aliphatic carbocycles. The van der Waals surface area contributed by atoms with Gasteiger partial charge in [0.15, 0.2) is 0 Å². The van der Waals surface area contributed by atoms with Gasteiger partial charge in [0.05, 0.1) is 0 Å². The van der Waals surface area contributed by atoms with Crippen LogP contribution >= 0.6 is 0 Å². The lowest BCUT2D eigenvalue weighted by Crippen LogP contribution is -2.30. The molecule has 0 radical (unpaired) electrons. The molecule has 0 fully saturated rings. The molecule has 4 heteroatoms. The number of amides is 1. The van der Waals surface area contributed by atoms with Crippen LogP contribution in [-0.4, -0.2) is 30.9 Å². The average molecular weight is 323 g/mol. The third-order valence-corrected chi connectivity index (χ3v) is 3.49. The highest BCUT2D eigenvalue weighted by molar-refractivity contribution is 5.90. The zero-order chi connectivity index (χ0) is 17.5. The summed E-state index contributed by atoms with van der Waals surface area (Å²) in [6, 6.07) is 16.8. The van der Waals surface area contributed by atoms with Crippen molar-refractivity contribution in [3.8, 4) is 0 Å². The van der Waals surface area contributed by atoms with Crippen LogP contribution in [0.4, 0.5) is 0 Å². The quantitative estimate of drug-likeness (QED) is 0.626. The Labute approximate surface area is 142 Å². The zero-order valence-electron chi connectivity index (χ0n) is 14.1. The standard InChI is InChI=1S/C20H21NO3/c1-15-9-11-16(12-10-15)13-14-18(22)24-19(20(23)21(2)3)17-7-5-4-6-8-17/h4-14,19H,1-3H3. The van der Waals surface area contributed by atoms with Gasteiger partial charge in [0.1, 0.15) is 0 Å². The minimum atomic E-state index is -0.948. The highest BCUT2D eigenvalue weighted by Crippen LogP contribution is 2.20. The third-order valence-electron chi connectivity index (χ3n) is 3.49. The van der Waals surface area contributed by atoms with E-state index in [2.05, 4.69) is 0 Å². The molecule has 2 aromatic carbocycles. The molecular weight excluding hydrogens is 302 g/mol. The van der Waals surface area contributed by atoms with Gasteiger partial charge in [0.2, 0.25) is 6.10 Å². The number of ether oxygens (including phenoxy) is 1. The summed E-state index contributed by atoms with van der Waals surface area (Å²) < 4.78 is 5.39. The Morgan fingerprint density at radius 3 is 2.21 bits per heavy atom. The van der Waals surface area contributed by atoms with Gasteiger partial charge in [0, 0.05) is 25.7 Å². The maximum Gasteiger partial charge on any atom is 0.331 e. The molecule has 124 valence electrons. The summed E-state index contributed by atoms with van der Waals surface area (Å²) in [5, 5.41) is 0. The third kappa shape index (κ3) is 4.81. The second-order valence-electron chi connectivity index (χ2n) is 5.70. The number of likely N-dealkylation sites (N-methyl/N-ethyl adjacent to an activating group) is 1. The maximum absolute atomic E-state index is 12.3. The van der Waals surface area contributed by atoms with E-state index >= 15 is 0 Å². The molecule has 2 rings (SSSR count). The van der Waals surface area contributed by atoms with Crippen LogP contribution in [0.15, 0.2) is 60.7 Å². The predicted octanol–water partition coefficient (Wildman–Crippen LogP) is 3.38. The Bertz CT molecular complexity index is 718. The Kier molecular flexibility index (Phi) is 5.90. The second kappa shape index (κ2) is 8.11. The van der Waals surface area contributed by atoms with Crippen molar-refractivity contribution in [2.45, 2.75) is 13.0 Å². The fourth-order valence-corrected chi connectivity index (χ4v) is 2.12. The molecule has 0 N–H and O–H groups in total. The smallest absolute Gasteiger partial charge is 0.331 e. The molecule has 0 aromatic heterocycles. The fourth-order valence-electron chi connectivity index (χ4n) is 2.12. The van der Waals surface area contributed by atoms with Crippen LogP contribution in [0.5, 0.6) is 0 Å². The number of nitrogens with zero attached hydrogens (tertiary/aromatic N) is 1. The van der Waals surface area contributed by atoms with Gasteiger partial charge < -0.3 is 9.64 Å². The van der Waals surface area contributed by atoms with Crippen molar-refractivity contribution in [2.24, 2.45) is 0 Å². The molecule has 1 atom stereocenters. The van der Waals surface area contributed by atoms with Crippen molar-refractivity contribution in [1.29, 1.82) is 0 Å². The van der Waals surface area contributed by atoms with Crippen LogP contribution in [0.25, 0.3) is 6.08 Å². The van der Waals surface area contributed by atoms with E-state index in [1.165, 1.54) is 11.0 Å². The van der Waals surface area contributed by atoms with E-state index in [0.29, 0.717) is 5.56 Å². The Morgan fingerprint density at radius 1 is 1.00 bits per heavy atom. The van der Waals surface area contributed by atoms with Crippen molar-refractivity contribution in [3.63, 3.8) is 0 Å². The average Bonchev–Trinajstić information content (AvgIpc) is 2.59. The highest BCUT2D eigenvalue weighted by atomic mass is 16.5. The number of hydrogen-bond donors (Lipinski definition) is 0. The van der Waals surface area contributed by atoms with Gasteiger partial charge in [-0.05, 0) is 18.6 Å². The van der Waals surface area contributed by atoms with E-state index in [4.69, 9.17) is 4.74 Å². The first-order chi connectivity index (χ1) is 11.5. The molecule has 0 spiro atoms. The van der Waals surface area contributed by atoms with Crippen molar-refractivity contribution in [3.05, 3.63) is 77.4 Å². The minimum Gasteiger partial charge on any atom is -0.444 e. The van der Waals surface area contributed by atoms with Crippen LogP contribution in [0, 0.1) is 6.92 Å². The number of benzene rings is 2. The molecule has 0 aliphatic heterocycles. The van der Waals surface area contributed by atoms with E-state index in [1.807, 2.05) is 37.3 Å². The molecule has 0 bridgehead atoms. The van der Waals surface area contributed by atoms with Crippen LogP contribution in [0.3, 0.4) is 0 Å². The number of carbonyl (C=O) groups excluding carboxylic acids is 2. The topological polar surface area (TPSA) is 46.6 Å². The number of aryl methyl sites for hydroxylation is 1. The minimum absolute atomic E-state index is 0.279. The first-order valence-electron chi connectivity index (χ1n) is 7.69. The van der Waals surface area contributed by atoms with Crippen LogP contribution in [0.2, 0.25) is 0 Å². The largest absolute Gasteiger partial charge is 0.444 e. The first kappa shape index (κ1) is 17.5. The lowest BCUT2D eigenvalue weighted by atomic mass is 10.1. The summed E-state index contributed by atoms with van der Waals surface area (Å²) in [5.41, 5.74) is 2.69. The summed E-state index contributed by atoms with van der Waals surface area (Å²) in [6.45, 7) is 2.00. The molecule has 1 amide bonds. The van der Waals surface area contributed by atoms with E-state index in [0.717, 1.165) is 11.1 Å². The Hall–Kier alpha value is -2.88. The van der Waals surface area contributed by atoms with Crippen LogP contribution < -0.4 is 0 Å². The molecule has 4 nitrogen and oxygen atoms in total. The molecule has 0 aliphatic rings. The summed E-state index contributed by atoms with van der Waals surface area (Å²) in [7, 11) is 3.27. The number of rotatable bonds is 5. The highest BCUT2D eigenvalue weighted by Gasteiger charge is 2.25. The monoisotopic (exact) mass is 323 g/mol. The Balaban J connectivity index is 2.12. The molecular formula is C20H21NO3. The van der Waals surface area contributed by atoms with E-state index < -0.39 is 12.1 Å². The molecule has 0 heterocycles. The predicted molar refractivity (Wildman–Crippen MR) is 94.2 cm³/mol. The summed E-state index contributed by atoms with van der Waals surface area (Å²) in [5.74, 6) is -0.835. The SMILES string of the molecule is Cc1ccc(C=CC(=O)OC(C(=O)N(C)C)c2ccccc2)cc1. The number of hydrogen-bond acceptors (Lipinski definition) is 3. The van der Waals surface area contributed by atoms with E-state index in [9.17, 15) is 9.59 Å². The van der Waals surface area contributed by atoms with Gasteiger partial charge in [-0.3, -0.25) is 4.79 Å². The van der Waals surface area contributed by atoms with Gasteiger partial charge in [-0.15, -0.1) is 0 Å². The van der Waals surface area contributed by atoms with Gasteiger partial charge in [-0.25, -0.2) is 4.79 Å². The number of carbonyl (C=O) groups is 2. The molecule has 24 heavy (non-hydrogen) atoms. The van der Waals surface area contributed by atoms with Crippen molar-refractivity contribution < 1.29 is 14.3 Å². The first-order valence-corrected chi connectivity index (χ1v) is 7.69.